The minimum Gasteiger partial charge on any atom is -0.387 e. The highest BCUT2D eigenvalue weighted by atomic mass is 127. The van der Waals surface area contributed by atoms with Crippen molar-refractivity contribution >= 4 is 34.2 Å². The average molecular weight is 282 g/mol. The molecule has 1 rings (SSSR count). The van der Waals surface area contributed by atoms with E-state index in [1.807, 2.05) is 22.6 Å². The molecule has 1 unspecified atom stereocenters. The zero-order valence-electron chi connectivity index (χ0n) is 5.59. The van der Waals surface area contributed by atoms with Gasteiger partial charge in [-0.05, 0) is 35.6 Å². The van der Waals surface area contributed by atoms with Crippen LogP contribution in [-0.4, -0.2) is 10.1 Å². The molecule has 0 saturated heterocycles. The van der Waals surface area contributed by atoms with Crippen LogP contribution >= 0.6 is 34.2 Å². The summed E-state index contributed by atoms with van der Waals surface area (Å²) in [5.74, 6) is 0. The number of rotatable bonds is 1. The molecule has 0 aliphatic rings. The van der Waals surface area contributed by atoms with E-state index in [0.29, 0.717) is 10.7 Å². The number of halogens is 2. The second kappa shape index (κ2) is 3.69. The summed E-state index contributed by atoms with van der Waals surface area (Å²) in [4.78, 5) is 3.93. The van der Waals surface area contributed by atoms with Gasteiger partial charge in [-0.3, -0.25) is 4.98 Å². The van der Waals surface area contributed by atoms with Gasteiger partial charge in [0.05, 0.1) is 20.4 Å². The smallest absolute Gasteiger partial charge is 0.0972 e. The monoisotopic (exact) mass is 282 g/mol. The molecule has 1 aromatic rings. The molecular weight excluding hydrogens is 276 g/mol. The largest absolute Gasteiger partial charge is 0.387 e. The summed E-state index contributed by atoms with van der Waals surface area (Å²) >= 11 is 7.80. The fraction of sp³-hybridized carbons (Fsp3) is 0.143. The second-order valence-electron chi connectivity index (χ2n) is 2.01. The second-order valence-corrected chi connectivity index (χ2v) is 3.49. The van der Waals surface area contributed by atoms with E-state index in [1.54, 1.807) is 12.3 Å². The van der Waals surface area contributed by atoms with E-state index in [-0.39, 0.29) is 0 Å². The minimum atomic E-state index is -0.805. The van der Waals surface area contributed by atoms with Crippen molar-refractivity contribution in [2.24, 2.45) is 0 Å². The normalized spacial score (nSPS) is 13.1. The van der Waals surface area contributed by atoms with Gasteiger partial charge in [0.15, 0.2) is 0 Å². The lowest BCUT2D eigenvalue weighted by molar-refractivity contribution is 0.220. The molecule has 1 aromatic heterocycles. The Morgan fingerprint density at radius 1 is 1.73 bits per heavy atom. The molecule has 1 radical (unpaired) electrons. The number of hydrogen-bond acceptors (Lipinski definition) is 2. The first-order chi connectivity index (χ1) is 5.13. The molecule has 0 bridgehead atoms. The third-order valence-corrected chi connectivity index (χ3v) is 2.95. The molecule has 1 N–H and O–H groups in total. The van der Waals surface area contributed by atoms with E-state index in [9.17, 15) is 0 Å². The van der Waals surface area contributed by atoms with Gasteiger partial charge >= 0.3 is 0 Å². The molecule has 4 heteroatoms. The van der Waals surface area contributed by atoms with Crippen LogP contribution in [0.25, 0.3) is 0 Å². The molecule has 0 fully saturated rings. The fourth-order valence-electron chi connectivity index (χ4n) is 0.668. The van der Waals surface area contributed by atoms with E-state index in [1.165, 1.54) is 0 Å². The molecule has 2 nitrogen and oxygen atoms in total. The Bertz CT molecular complexity index is 265. The number of aromatic nitrogens is 1. The lowest BCUT2D eigenvalue weighted by atomic mass is 10.2. The molecule has 0 aliphatic heterocycles. The highest BCUT2D eigenvalue weighted by Crippen LogP contribution is 2.23. The SMILES string of the molecule is [CH2]C(O)c1nccc(Cl)c1I. The van der Waals surface area contributed by atoms with E-state index in [4.69, 9.17) is 16.7 Å². The van der Waals surface area contributed by atoms with Gasteiger partial charge in [0, 0.05) is 6.20 Å². The number of hydrogen-bond donors (Lipinski definition) is 1. The summed E-state index contributed by atoms with van der Waals surface area (Å²) in [5, 5.41) is 9.69. The van der Waals surface area contributed by atoms with Crippen molar-refractivity contribution in [2.45, 2.75) is 6.10 Å². The van der Waals surface area contributed by atoms with E-state index in [2.05, 4.69) is 11.9 Å². The molecule has 0 aliphatic carbocycles. The molecule has 0 aromatic carbocycles. The Labute approximate surface area is 83.7 Å². The summed E-state index contributed by atoms with van der Waals surface area (Å²) < 4.78 is 0.759. The molecule has 59 valence electrons. The third kappa shape index (κ3) is 2.04. The van der Waals surface area contributed by atoms with E-state index in [0.717, 1.165) is 3.57 Å². The van der Waals surface area contributed by atoms with Crippen molar-refractivity contribution in [3.05, 3.63) is 33.5 Å². The number of aliphatic hydroxyl groups excluding tert-OH is 1. The Morgan fingerprint density at radius 3 is 2.82 bits per heavy atom. The topological polar surface area (TPSA) is 33.1 Å². The van der Waals surface area contributed by atoms with Crippen LogP contribution in [0.4, 0.5) is 0 Å². The van der Waals surface area contributed by atoms with E-state index >= 15 is 0 Å². The first kappa shape index (κ1) is 9.22. The molecule has 0 amide bonds. The molecule has 0 saturated carbocycles. The maximum atomic E-state index is 9.09. The summed E-state index contributed by atoms with van der Waals surface area (Å²) in [5.41, 5.74) is 0.526. The van der Waals surface area contributed by atoms with Gasteiger partial charge in [-0.1, -0.05) is 11.6 Å². The quantitative estimate of drug-likeness (QED) is 0.801. The standard InChI is InChI=1S/C7H6ClINO/c1-4(11)7-6(9)5(8)2-3-10-7/h2-4,11H,1H2. The summed E-state index contributed by atoms with van der Waals surface area (Å²) in [6.07, 6.45) is 0.745. The zero-order chi connectivity index (χ0) is 8.43. The van der Waals surface area contributed by atoms with Crippen LogP contribution < -0.4 is 0 Å². The Balaban J connectivity index is 3.17. The van der Waals surface area contributed by atoms with Gasteiger partial charge in [-0.25, -0.2) is 0 Å². The number of nitrogens with zero attached hydrogens (tertiary/aromatic N) is 1. The molecular formula is C7H6ClINO. The van der Waals surface area contributed by atoms with Crippen LogP contribution in [0.5, 0.6) is 0 Å². The van der Waals surface area contributed by atoms with Gasteiger partial charge in [0.2, 0.25) is 0 Å². The summed E-state index contributed by atoms with van der Waals surface area (Å²) in [6, 6.07) is 1.68. The number of pyridine rings is 1. The van der Waals surface area contributed by atoms with Gasteiger partial charge < -0.3 is 5.11 Å². The predicted octanol–water partition coefficient (Wildman–Crippen LogP) is 2.21. The van der Waals surface area contributed by atoms with Crippen LogP contribution in [0, 0.1) is 10.5 Å². The lowest BCUT2D eigenvalue weighted by Crippen LogP contribution is -1.98. The van der Waals surface area contributed by atoms with Crippen LogP contribution in [-0.2, 0) is 0 Å². The summed E-state index contributed by atoms with van der Waals surface area (Å²) in [7, 11) is 0. The average Bonchev–Trinajstić information content (AvgIpc) is 1.94. The first-order valence-corrected chi connectivity index (χ1v) is 4.39. The van der Waals surface area contributed by atoms with Crippen molar-refractivity contribution in [3.63, 3.8) is 0 Å². The minimum absolute atomic E-state index is 0.526. The Morgan fingerprint density at radius 2 is 2.36 bits per heavy atom. The van der Waals surface area contributed by atoms with Crippen molar-refractivity contribution in [1.29, 1.82) is 0 Å². The fourth-order valence-corrected chi connectivity index (χ4v) is 1.50. The maximum absolute atomic E-state index is 9.09. The van der Waals surface area contributed by atoms with Crippen molar-refractivity contribution in [2.75, 3.05) is 0 Å². The van der Waals surface area contributed by atoms with Crippen LogP contribution in [0.2, 0.25) is 5.02 Å². The highest BCUT2D eigenvalue weighted by Gasteiger charge is 2.09. The van der Waals surface area contributed by atoms with Crippen LogP contribution in [0.3, 0.4) is 0 Å². The van der Waals surface area contributed by atoms with Gasteiger partial charge in [0.25, 0.3) is 0 Å². The van der Waals surface area contributed by atoms with Gasteiger partial charge in [-0.15, -0.1) is 0 Å². The maximum Gasteiger partial charge on any atom is 0.0972 e. The molecule has 1 atom stereocenters. The predicted molar refractivity (Wildman–Crippen MR) is 52.3 cm³/mol. The highest BCUT2D eigenvalue weighted by molar-refractivity contribution is 14.1. The van der Waals surface area contributed by atoms with E-state index < -0.39 is 6.10 Å². The molecule has 0 spiro atoms. The Hall–Kier alpha value is 0.130. The first-order valence-electron chi connectivity index (χ1n) is 2.94. The third-order valence-electron chi connectivity index (χ3n) is 1.18. The van der Waals surface area contributed by atoms with Crippen LogP contribution in [0.15, 0.2) is 12.3 Å². The van der Waals surface area contributed by atoms with Crippen molar-refractivity contribution in [1.82, 2.24) is 4.98 Å². The number of aliphatic hydroxyl groups is 1. The van der Waals surface area contributed by atoms with Gasteiger partial charge in [0.1, 0.15) is 0 Å². The van der Waals surface area contributed by atoms with Crippen molar-refractivity contribution < 1.29 is 5.11 Å². The molecule has 11 heavy (non-hydrogen) atoms. The van der Waals surface area contributed by atoms with Crippen molar-refractivity contribution in [3.8, 4) is 0 Å². The zero-order valence-corrected chi connectivity index (χ0v) is 8.50. The lowest BCUT2D eigenvalue weighted by Gasteiger charge is -2.05. The molecule has 1 heterocycles. The summed E-state index contributed by atoms with van der Waals surface area (Å²) in [6.45, 7) is 3.44. The Kier molecular flexibility index (Phi) is 3.09. The van der Waals surface area contributed by atoms with Gasteiger partial charge in [-0.2, -0.15) is 0 Å². The van der Waals surface area contributed by atoms with Crippen LogP contribution in [0.1, 0.15) is 11.8 Å².